The summed E-state index contributed by atoms with van der Waals surface area (Å²) in [5.74, 6) is -0.0544. The quantitative estimate of drug-likeness (QED) is 0.915. The maximum Gasteiger partial charge on any atom is 0.273 e. The zero-order valence-electron chi connectivity index (χ0n) is 12.0. The number of nitrogens with zero attached hydrogens (tertiary/aromatic N) is 2. The van der Waals surface area contributed by atoms with Gasteiger partial charge in [-0.2, -0.15) is 0 Å². The molecule has 3 rings (SSSR count). The van der Waals surface area contributed by atoms with Crippen LogP contribution in [-0.2, 0) is 0 Å². The van der Waals surface area contributed by atoms with Gasteiger partial charge in [0.25, 0.3) is 5.91 Å². The third kappa shape index (κ3) is 3.13. The summed E-state index contributed by atoms with van der Waals surface area (Å²) in [6, 6.07) is 5.50. The fraction of sp³-hybridized carbons (Fsp3) is 0.333. The van der Waals surface area contributed by atoms with Crippen molar-refractivity contribution in [1.29, 1.82) is 0 Å². The van der Waals surface area contributed by atoms with Gasteiger partial charge in [0.05, 0.1) is 5.02 Å². The minimum atomic E-state index is -0.0544. The van der Waals surface area contributed by atoms with Gasteiger partial charge < -0.3 is 10.2 Å². The number of aromatic nitrogens is 1. The maximum absolute atomic E-state index is 12.5. The Balaban J connectivity index is 1.82. The molecule has 1 aliphatic rings. The largest absolute Gasteiger partial charge is 0.336 e. The second kappa shape index (κ2) is 6.54. The highest BCUT2D eigenvalue weighted by atomic mass is 35.5. The van der Waals surface area contributed by atoms with E-state index in [1.165, 1.54) is 11.3 Å². The summed E-state index contributed by atoms with van der Waals surface area (Å²) >= 11 is 13.5. The topological polar surface area (TPSA) is 45.2 Å². The van der Waals surface area contributed by atoms with Gasteiger partial charge in [-0.1, -0.05) is 23.2 Å². The maximum atomic E-state index is 12.5. The van der Waals surface area contributed by atoms with E-state index in [-0.39, 0.29) is 11.9 Å². The molecule has 22 heavy (non-hydrogen) atoms. The van der Waals surface area contributed by atoms with Gasteiger partial charge in [0.1, 0.15) is 10.7 Å². The van der Waals surface area contributed by atoms with Crippen molar-refractivity contribution >= 4 is 40.4 Å². The molecule has 1 aromatic carbocycles. The van der Waals surface area contributed by atoms with Gasteiger partial charge in [-0.3, -0.25) is 4.79 Å². The summed E-state index contributed by atoms with van der Waals surface area (Å²) in [7, 11) is 1.83. The molecule has 4 nitrogen and oxygen atoms in total. The molecule has 0 radical (unpaired) electrons. The third-order valence-electron chi connectivity index (χ3n) is 3.79. The zero-order valence-corrected chi connectivity index (χ0v) is 14.3. The van der Waals surface area contributed by atoms with Crippen molar-refractivity contribution in [3.63, 3.8) is 0 Å². The van der Waals surface area contributed by atoms with Gasteiger partial charge in [-0.15, -0.1) is 11.3 Å². The average molecular weight is 356 g/mol. The van der Waals surface area contributed by atoms with Crippen LogP contribution in [0, 0.1) is 0 Å². The Kier molecular flexibility index (Phi) is 4.68. The number of hydrogen-bond acceptors (Lipinski definition) is 4. The summed E-state index contributed by atoms with van der Waals surface area (Å²) in [5, 5.41) is 6.88. The Morgan fingerprint density at radius 1 is 1.45 bits per heavy atom. The van der Waals surface area contributed by atoms with Gasteiger partial charge in [0.15, 0.2) is 0 Å². The first kappa shape index (κ1) is 15.7. The minimum absolute atomic E-state index is 0.0544. The number of amides is 1. The van der Waals surface area contributed by atoms with Gasteiger partial charge in [0, 0.05) is 35.6 Å². The number of thiazole rings is 1. The van der Waals surface area contributed by atoms with Crippen molar-refractivity contribution in [3.8, 4) is 10.6 Å². The van der Waals surface area contributed by atoms with Crippen LogP contribution >= 0.6 is 34.5 Å². The lowest BCUT2D eigenvalue weighted by molar-refractivity contribution is 0.0739. The number of carbonyl (C=O) groups is 1. The Hall–Kier alpha value is -1.14. The molecular weight excluding hydrogens is 341 g/mol. The number of benzene rings is 1. The summed E-state index contributed by atoms with van der Waals surface area (Å²) < 4.78 is 0. The molecule has 0 aliphatic carbocycles. The van der Waals surface area contributed by atoms with Gasteiger partial charge in [-0.05, 0) is 31.2 Å². The van der Waals surface area contributed by atoms with E-state index in [2.05, 4.69) is 10.3 Å². The molecule has 1 N–H and O–H groups in total. The molecule has 1 unspecified atom stereocenters. The highest BCUT2D eigenvalue weighted by Crippen LogP contribution is 2.32. The Labute approximate surface area is 143 Å². The summed E-state index contributed by atoms with van der Waals surface area (Å²) in [6.07, 6.45) is 0.974. The molecule has 0 bridgehead atoms. The van der Waals surface area contributed by atoms with Crippen LogP contribution in [0.5, 0.6) is 0 Å². The first-order valence-electron chi connectivity index (χ1n) is 6.95. The van der Waals surface area contributed by atoms with Crippen LogP contribution in [0.2, 0.25) is 10.0 Å². The number of hydrogen-bond donors (Lipinski definition) is 1. The van der Waals surface area contributed by atoms with Crippen LogP contribution in [0.25, 0.3) is 10.6 Å². The predicted molar refractivity (Wildman–Crippen MR) is 90.9 cm³/mol. The highest BCUT2D eigenvalue weighted by Gasteiger charge is 2.25. The van der Waals surface area contributed by atoms with Gasteiger partial charge >= 0.3 is 0 Å². The lowest BCUT2D eigenvalue weighted by atomic mass is 10.2. The Morgan fingerprint density at radius 3 is 2.95 bits per heavy atom. The first-order chi connectivity index (χ1) is 10.6. The Bertz CT molecular complexity index is 698. The molecule has 1 amide bonds. The standard InChI is InChI=1S/C15H15Cl2N3OS/c1-20(10-4-5-18-7-10)15(21)13-8-22-14(19-13)11-3-2-9(16)6-12(11)17/h2-3,6,8,10,18H,4-5,7H2,1H3. The van der Waals surface area contributed by atoms with E-state index in [1.54, 1.807) is 22.4 Å². The predicted octanol–water partition coefficient (Wildman–Crippen LogP) is 3.55. The van der Waals surface area contributed by atoms with Gasteiger partial charge in [-0.25, -0.2) is 4.98 Å². The summed E-state index contributed by atoms with van der Waals surface area (Å²) in [5.41, 5.74) is 1.25. The molecule has 1 fully saturated rings. The Morgan fingerprint density at radius 2 is 2.27 bits per heavy atom. The number of rotatable bonds is 3. The van der Waals surface area contributed by atoms with E-state index in [0.29, 0.717) is 15.7 Å². The molecule has 1 aromatic heterocycles. The van der Waals surface area contributed by atoms with Crippen LogP contribution in [0.15, 0.2) is 23.6 Å². The van der Waals surface area contributed by atoms with Gasteiger partial charge in [0.2, 0.25) is 0 Å². The molecule has 2 aromatic rings. The van der Waals surface area contributed by atoms with E-state index in [1.807, 2.05) is 13.1 Å². The van der Waals surface area contributed by atoms with Crippen molar-refractivity contribution < 1.29 is 4.79 Å². The normalized spacial score (nSPS) is 17.7. The number of likely N-dealkylation sites (N-methyl/N-ethyl adjacent to an activating group) is 1. The van der Waals surface area contributed by atoms with Crippen LogP contribution in [0.4, 0.5) is 0 Å². The van der Waals surface area contributed by atoms with E-state index in [4.69, 9.17) is 23.2 Å². The van der Waals surface area contributed by atoms with Crippen LogP contribution in [0.1, 0.15) is 16.9 Å². The number of carbonyl (C=O) groups excluding carboxylic acids is 1. The van der Waals surface area contributed by atoms with Crippen molar-refractivity contribution in [2.45, 2.75) is 12.5 Å². The monoisotopic (exact) mass is 355 g/mol. The third-order valence-corrected chi connectivity index (χ3v) is 5.21. The van der Waals surface area contributed by atoms with Crippen molar-refractivity contribution in [1.82, 2.24) is 15.2 Å². The van der Waals surface area contributed by atoms with E-state index < -0.39 is 0 Å². The fourth-order valence-corrected chi connectivity index (χ4v) is 3.86. The zero-order chi connectivity index (χ0) is 15.7. The molecule has 1 atom stereocenters. The minimum Gasteiger partial charge on any atom is -0.336 e. The number of halogens is 2. The van der Waals surface area contributed by atoms with Crippen LogP contribution < -0.4 is 5.32 Å². The lowest BCUT2D eigenvalue weighted by Gasteiger charge is -2.22. The van der Waals surface area contributed by atoms with Crippen LogP contribution in [-0.4, -0.2) is 42.0 Å². The molecule has 1 aliphatic heterocycles. The van der Waals surface area contributed by atoms with Crippen molar-refractivity contribution in [3.05, 3.63) is 39.3 Å². The first-order valence-corrected chi connectivity index (χ1v) is 8.58. The highest BCUT2D eigenvalue weighted by molar-refractivity contribution is 7.13. The summed E-state index contributed by atoms with van der Waals surface area (Å²) in [4.78, 5) is 18.7. The second-order valence-electron chi connectivity index (χ2n) is 5.22. The van der Waals surface area contributed by atoms with E-state index >= 15 is 0 Å². The molecule has 2 heterocycles. The smallest absolute Gasteiger partial charge is 0.273 e. The summed E-state index contributed by atoms with van der Waals surface area (Å²) in [6.45, 7) is 1.78. The number of nitrogens with one attached hydrogen (secondary N) is 1. The van der Waals surface area contributed by atoms with E-state index in [0.717, 1.165) is 30.1 Å². The lowest BCUT2D eigenvalue weighted by Crippen LogP contribution is -2.38. The second-order valence-corrected chi connectivity index (χ2v) is 6.93. The van der Waals surface area contributed by atoms with Crippen molar-refractivity contribution in [2.24, 2.45) is 0 Å². The molecular formula is C15H15Cl2N3OS. The molecule has 116 valence electrons. The fourth-order valence-electron chi connectivity index (χ4n) is 2.48. The molecule has 1 saturated heterocycles. The van der Waals surface area contributed by atoms with Crippen LogP contribution in [0.3, 0.4) is 0 Å². The van der Waals surface area contributed by atoms with E-state index in [9.17, 15) is 4.79 Å². The van der Waals surface area contributed by atoms with Crippen molar-refractivity contribution in [2.75, 3.05) is 20.1 Å². The average Bonchev–Trinajstić information content (AvgIpc) is 3.17. The molecule has 0 spiro atoms. The molecule has 0 saturated carbocycles. The SMILES string of the molecule is CN(C(=O)c1csc(-c2ccc(Cl)cc2Cl)n1)C1CCNC1. The molecule has 7 heteroatoms.